The van der Waals surface area contributed by atoms with Gasteiger partial charge in [0.2, 0.25) is 5.82 Å². The molecule has 0 aliphatic heterocycles. The smallest absolute Gasteiger partial charge is 0.358 e. The minimum atomic E-state index is -0.521. The summed E-state index contributed by atoms with van der Waals surface area (Å²) in [6.45, 7) is 8.01. The van der Waals surface area contributed by atoms with Crippen molar-refractivity contribution in [3.8, 4) is 22.5 Å². The summed E-state index contributed by atoms with van der Waals surface area (Å²) in [7, 11) is 1.58. The summed E-state index contributed by atoms with van der Waals surface area (Å²) in [6.07, 6.45) is 3.72. The Balaban J connectivity index is 1.73. The van der Waals surface area contributed by atoms with Gasteiger partial charge in [-0.1, -0.05) is 68.5 Å². The molecular formula is C28H31N7O3. The number of carbonyl (C=O) groups is 2. The van der Waals surface area contributed by atoms with Crippen LogP contribution in [0.2, 0.25) is 0 Å². The monoisotopic (exact) mass is 513 g/mol. The van der Waals surface area contributed by atoms with E-state index in [1.165, 1.54) is 11.0 Å². The second-order valence-corrected chi connectivity index (χ2v) is 8.69. The molecule has 196 valence electrons. The largest absolute Gasteiger partial charge is 0.461 e. The number of rotatable bonds is 11. The average Bonchev–Trinajstić information content (AvgIpc) is 3.60. The predicted molar refractivity (Wildman–Crippen MR) is 145 cm³/mol. The molecule has 38 heavy (non-hydrogen) atoms. The lowest BCUT2D eigenvalue weighted by Crippen LogP contribution is -2.27. The molecule has 0 aliphatic carbocycles. The number of anilines is 1. The van der Waals surface area contributed by atoms with E-state index >= 15 is 0 Å². The fourth-order valence-corrected chi connectivity index (χ4v) is 4.24. The van der Waals surface area contributed by atoms with Crippen LogP contribution in [-0.2, 0) is 22.5 Å². The number of aromatic nitrogens is 6. The van der Waals surface area contributed by atoms with Gasteiger partial charge in [-0.3, -0.25) is 9.69 Å². The molecule has 4 rings (SSSR count). The number of hydrogen-bond acceptors (Lipinski definition) is 7. The molecule has 1 N–H and O–H groups in total. The molecule has 0 aliphatic rings. The molecule has 0 saturated heterocycles. The second-order valence-electron chi connectivity index (χ2n) is 8.69. The van der Waals surface area contributed by atoms with E-state index in [1.807, 2.05) is 53.1 Å². The lowest BCUT2D eigenvalue weighted by atomic mass is 9.98. The number of imidazole rings is 1. The van der Waals surface area contributed by atoms with Gasteiger partial charge in [0.1, 0.15) is 5.82 Å². The highest BCUT2D eigenvalue weighted by atomic mass is 16.5. The maximum absolute atomic E-state index is 13.1. The molecule has 10 heteroatoms. The van der Waals surface area contributed by atoms with Crippen LogP contribution in [0.15, 0.2) is 61.2 Å². The molecule has 2 aromatic carbocycles. The SMILES string of the molecule is C=CC(=O)N(C)c1nc(CCCC)n(Cc2ccc(-c3ccccc3-c3nn[nH]n3)cc2)c1C(=O)OCC. The fraction of sp³-hybridized carbons (Fsp3) is 0.286. The molecule has 0 fully saturated rings. The summed E-state index contributed by atoms with van der Waals surface area (Å²) in [5.74, 6) is 0.637. The van der Waals surface area contributed by atoms with Crippen LogP contribution in [0.5, 0.6) is 0 Å². The molecule has 4 aromatic rings. The zero-order chi connectivity index (χ0) is 27.1. The standard InChI is InChI=1S/C28H31N7O3/c1-5-8-13-23-29-27(34(4)24(36)6-2)25(28(37)38-7-3)35(23)18-19-14-16-20(17-15-19)21-11-9-10-12-22(21)26-30-32-33-31-26/h6,9-12,14-17H,2,5,7-8,13,18H2,1,3-4H3,(H,30,31,32,33). The molecule has 2 heterocycles. The quantitative estimate of drug-likeness (QED) is 0.232. The fourth-order valence-electron chi connectivity index (χ4n) is 4.24. The third kappa shape index (κ3) is 5.54. The normalized spacial score (nSPS) is 10.8. The van der Waals surface area contributed by atoms with Crippen LogP contribution in [0.3, 0.4) is 0 Å². The van der Waals surface area contributed by atoms with Gasteiger partial charge < -0.3 is 9.30 Å². The minimum Gasteiger partial charge on any atom is -0.461 e. The molecule has 0 spiro atoms. The number of unbranched alkanes of at least 4 members (excludes halogenated alkanes) is 1. The molecule has 0 radical (unpaired) electrons. The van der Waals surface area contributed by atoms with E-state index < -0.39 is 5.97 Å². The zero-order valence-electron chi connectivity index (χ0n) is 21.8. The Hall–Kier alpha value is -4.60. The number of tetrazole rings is 1. The van der Waals surface area contributed by atoms with Gasteiger partial charge in [-0.05, 0) is 41.3 Å². The van der Waals surface area contributed by atoms with Gasteiger partial charge in [-0.25, -0.2) is 9.78 Å². The van der Waals surface area contributed by atoms with Gasteiger partial charge in [-0.2, -0.15) is 5.21 Å². The molecule has 0 bridgehead atoms. The number of benzene rings is 2. The highest BCUT2D eigenvalue weighted by Gasteiger charge is 2.28. The van der Waals surface area contributed by atoms with Crippen molar-refractivity contribution in [2.75, 3.05) is 18.6 Å². The number of carbonyl (C=O) groups excluding carboxylic acids is 2. The van der Waals surface area contributed by atoms with E-state index in [0.717, 1.165) is 40.9 Å². The molecular weight excluding hydrogens is 482 g/mol. The number of nitrogens with zero attached hydrogens (tertiary/aromatic N) is 6. The van der Waals surface area contributed by atoms with Gasteiger partial charge in [0.15, 0.2) is 11.5 Å². The van der Waals surface area contributed by atoms with E-state index in [1.54, 1.807) is 14.0 Å². The molecule has 0 saturated carbocycles. The lowest BCUT2D eigenvalue weighted by molar-refractivity contribution is -0.113. The number of ether oxygens (including phenoxy) is 1. The molecule has 10 nitrogen and oxygen atoms in total. The predicted octanol–water partition coefficient (Wildman–Crippen LogP) is 4.45. The Morgan fingerprint density at radius 3 is 2.47 bits per heavy atom. The van der Waals surface area contributed by atoms with Crippen molar-refractivity contribution < 1.29 is 14.3 Å². The van der Waals surface area contributed by atoms with E-state index in [4.69, 9.17) is 9.72 Å². The Bertz CT molecular complexity index is 1410. The van der Waals surface area contributed by atoms with E-state index in [0.29, 0.717) is 18.8 Å². The number of esters is 1. The van der Waals surface area contributed by atoms with Crippen molar-refractivity contribution in [1.82, 2.24) is 30.2 Å². The van der Waals surface area contributed by atoms with Crippen molar-refractivity contribution in [2.24, 2.45) is 0 Å². The van der Waals surface area contributed by atoms with Crippen LogP contribution in [0.4, 0.5) is 5.82 Å². The zero-order valence-corrected chi connectivity index (χ0v) is 21.8. The van der Waals surface area contributed by atoms with Crippen molar-refractivity contribution in [2.45, 2.75) is 39.7 Å². The maximum atomic E-state index is 13.1. The Morgan fingerprint density at radius 1 is 1.11 bits per heavy atom. The first-order valence-corrected chi connectivity index (χ1v) is 12.6. The average molecular weight is 514 g/mol. The van der Waals surface area contributed by atoms with Gasteiger partial charge in [0.05, 0.1) is 6.61 Å². The number of likely N-dealkylation sites (N-methyl/N-ethyl adjacent to an activating group) is 1. The Labute approximate surface area is 221 Å². The molecule has 0 unspecified atom stereocenters. The summed E-state index contributed by atoms with van der Waals surface area (Å²) in [6, 6.07) is 15.9. The number of amides is 1. The van der Waals surface area contributed by atoms with Crippen molar-refractivity contribution in [3.63, 3.8) is 0 Å². The summed E-state index contributed by atoms with van der Waals surface area (Å²) in [4.78, 5) is 31.6. The van der Waals surface area contributed by atoms with E-state index in [-0.39, 0.29) is 24.0 Å². The number of nitrogens with one attached hydrogen (secondary N) is 1. The first-order chi connectivity index (χ1) is 18.5. The van der Waals surface area contributed by atoms with Gasteiger partial charge in [0.25, 0.3) is 5.91 Å². The minimum absolute atomic E-state index is 0.210. The summed E-state index contributed by atoms with van der Waals surface area (Å²) in [5.41, 5.74) is 4.06. The maximum Gasteiger partial charge on any atom is 0.358 e. The van der Waals surface area contributed by atoms with Gasteiger partial charge in [0, 0.05) is 25.6 Å². The molecule has 0 atom stereocenters. The first-order valence-electron chi connectivity index (χ1n) is 12.6. The molecule has 1 amide bonds. The number of aryl methyl sites for hydroxylation is 1. The first kappa shape index (κ1) is 26.5. The topological polar surface area (TPSA) is 119 Å². The van der Waals surface area contributed by atoms with Crippen molar-refractivity contribution in [1.29, 1.82) is 0 Å². The highest BCUT2D eigenvalue weighted by molar-refractivity contribution is 6.04. The highest BCUT2D eigenvalue weighted by Crippen LogP contribution is 2.30. The van der Waals surface area contributed by atoms with Crippen molar-refractivity contribution >= 4 is 17.7 Å². The van der Waals surface area contributed by atoms with Gasteiger partial charge in [-0.15, -0.1) is 10.2 Å². The van der Waals surface area contributed by atoms with Crippen LogP contribution in [0.1, 0.15) is 48.6 Å². The van der Waals surface area contributed by atoms with E-state index in [9.17, 15) is 9.59 Å². The van der Waals surface area contributed by atoms with Crippen LogP contribution in [0.25, 0.3) is 22.5 Å². The summed E-state index contributed by atoms with van der Waals surface area (Å²) < 4.78 is 7.23. The lowest BCUT2D eigenvalue weighted by Gasteiger charge is -2.16. The summed E-state index contributed by atoms with van der Waals surface area (Å²) in [5, 5.41) is 14.4. The number of aromatic amines is 1. The van der Waals surface area contributed by atoms with Crippen LogP contribution >= 0.6 is 0 Å². The van der Waals surface area contributed by atoms with Crippen molar-refractivity contribution in [3.05, 3.63) is 78.3 Å². The third-order valence-corrected chi connectivity index (χ3v) is 6.19. The summed E-state index contributed by atoms with van der Waals surface area (Å²) >= 11 is 0. The van der Waals surface area contributed by atoms with Crippen LogP contribution in [-0.4, -0.2) is 55.7 Å². The van der Waals surface area contributed by atoms with Crippen LogP contribution in [0, 0.1) is 0 Å². The van der Waals surface area contributed by atoms with Crippen LogP contribution < -0.4 is 4.90 Å². The van der Waals surface area contributed by atoms with Gasteiger partial charge >= 0.3 is 5.97 Å². The second kappa shape index (κ2) is 12.1. The number of hydrogen-bond donors (Lipinski definition) is 1. The Kier molecular flexibility index (Phi) is 8.42. The molecule has 2 aromatic heterocycles. The Morgan fingerprint density at radius 2 is 1.84 bits per heavy atom. The third-order valence-electron chi connectivity index (χ3n) is 6.19. The number of H-pyrrole nitrogens is 1. The van der Waals surface area contributed by atoms with E-state index in [2.05, 4.69) is 34.1 Å².